The normalized spacial score (nSPS) is 10.9. The summed E-state index contributed by atoms with van der Waals surface area (Å²) >= 11 is 0. The highest BCUT2D eigenvalue weighted by Crippen LogP contribution is 2.15. The van der Waals surface area contributed by atoms with Gasteiger partial charge in [-0.2, -0.15) is 0 Å². The topological polar surface area (TPSA) is 64.0 Å². The Balaban J connectivity index is 1.47. The summed E-state index contributed by atoms with van der Waals surface area (Å²) in [6, 6.07) is 29.8. The Kier molecular flexibility index (Phi) is 12.5. The molecule has 0 unspecified atom stereocenters. The van der Waals surface area contributed by atoms with Crippen LogP contribution in [0.3, 0.4) is 0 Å². The summed E-state index contributed by atoms with van der Waals surface area (Å²) in [7, 11) is 0. The van der Waals surface area contributed by atoms with E-state index >= 15 is 0 Å². The molecule has 0 aliphatic heterocycles. The first-order chi connectivity index (χ1) is 21.0. The Morgan fingerprint density at radius 1 is 0.744 bits per heavy atom. The fourth-order valence-corrected chi connectivity index (χ4v) is 4.74. The van der Waals surface area contributed by atoms with Gasteiger partial charge in [0.15, 0.2) is 0 Å². The van der Waals surface area contributed by atoms with E-state index in [2.05, 4.69) is 4.57 Å². The molecule has 0 aliphatic rings. The van der Waals surface area contributed by atoms with Crippen LogP contribution in [0.4, 0.5) is 4.39 Å². The van der Waals surface area contributed by atoms with Crippen LogP contribution in [-0.2, 0) is 45.3 Å². The highest BCUT2D eigenvalue weighted by atomic mass is 19.1. The molecule has 1 aromatic heterocycles. The molecule has 1 heterocycles. The molecule has 0 radical (unpaired) electrons. The van der Waals surface area contributed by atoms with Gasteiger partial charge in [-0.3, -0.25) is 9.59 Å². The van der Waals surface area contributed by atoms with Crippen molar-refractivity contribution in [1.82, 2.24) is 14.4 Å². The van der Waals surface area contributed by atoms with E-state index < -0.39 is 0 Å². The lowest BCUT2D eigenvalue weighted by molar-refractivity contribution is -0.144. The quantitative estimate of drug-likeness (QED) is 0.150. The Morgan fingerprint density at radius 2 is 1.44 bits per heavy atom. The van der Waals surface area contributed by atoms with Crippen molar-refractivity contribution >= 4 is 11.8 Å². The molecule has 0 spiro atoms. The van der Waals surface area contributed by atoms with E-state index in [1.54, 1.807) is 21.9 Å². The van der Waals surface area contributed by atoms with Crippen molar-refractivity contribution in [2.24, 2.45) is 0 Å². The molecule has 0 atom stereocenters. The average molecular weight is 586 g/mol. The summed E-state index contributed by atoms with van der Waals surface area (Å²) < 4.78 is 26.7. The fourth-order valence-electron chi connectivity index (χ4n) is 4.74. The Labute approximate surface area is 253 Å². The van der Waals surface area contributed by atoms with Crippen LogP contribution in [0.5, 0.6) is 0 Å². The average Bonchev–Trinajstić information content (AvgIpc) is 3.46. The van der Waals surface area contributed by atoms with Gasteiger partial charge in [-0.15, -0.1) is 0 Å². The zero-order valence-electron chi connectivity index (χ0n) is 24.7. The number of aromatic nitrogens is 1. The van der Waals surface area contributed by atoms with Gasteiger partial charge in [-0.05, 0) is 54.3 Å². The predicted molar refractivity (Wildman–Crippen MR) is 164 cm³/mol. The largest absolute Gasteiger partial charge is 0.382 e. The maximum absolute atomic E-state index is 13.9. The first-order valence-electron chi connectivity index (χ1n) is 14.7. The number of rotatable bonds is 17. The van der Waals surface area contributed by atoms with Crippen LogP contribution >= 0.6 is 0 Å². The number of hydrogen-bond donors (Lipinski definition) is 0. The smallest absolute Gasteiger partial charge is 0.249 e. The summed E-state index contributed by atoms with van der Waals surface area (Å²) in [4.78, 5) is 30.5. The van der Waals surface area contributed by atoms with E-state index in [0.29, 0.717) is 52.4 Å². The third-order valence-corrected chi connectivity index (χ3v) is 7.05. The molecular formula is C35H40FN3O4. The number of hydrogen-bond acceptors (Lipinski definition) is 4. The molecule has 0 aliphatic carbocycles. The van der Waals surface area contributed by atoms with Gasteiger partial charge in [0.25, 0.3) is 0 Å². The van der Waals surface area contributed by atoms with E-state index in [1.165, 1.54) is 12.1 Å². The van der Waals surface area contributed by atoms with Crippen molar-refractivity contribution in [1.29, 1.82) is 0 Å². The number of ether oxygens (including phenoxy) is 2. The Bertz CT molecular complexity index is 1390. The molecule has 0 saturated heterocycles. The lowest BCUT2D eigenvalue weighted by atomic mass is 10.2. The number of nitrogens with zero attached hydrogens (tertiary/aromatic N) is 3. The van der Waals surface area contributed by atoms with Crippen molar-refractivity contribution < 1.29 is 23.5 Å². The first-order valence-corrected chi connectivity index (χ1v) is 14.7. The van der Waals surface area contributed by atoms with Crippen molar-refractivity contribution in [3.8, 4) is 0 Å². The van der Waals surface area contributed by atoms with Crippen molar-refractivity contribution in [2.75, 3.05) is 32.9 Å². The van der Waals surface area contributed by atoms with Crippen molar-refractivity contribution in [2.45, 2.75) is 39.6 Å². The minimum atomic E-state index is -0.276. The summed E-state index contributed by atoms with van der Waals surface area (Å²) in [5, 5.41) is 0. The predicted octanol–water partition coefficient (Wildman–Crippen LogP) is 5.68. The molecule has 4 aromatic rings. The summed E-state index contributed by atoms with van der Waals surface area (Å²) in [5.74, 6) is -0.673. The monoisotopic (exact) mass is 585 g/mol. The van der Waals surface area contributed by atoms with Gasteiger partial charge in [0.05, 0.1) is 19.7 Å². The van der Waals surface area contributed by atoms with Gasteiger partial charge in [-0.25, -0.2) is 4.39 Å². The van der Waals surface area contributed by atoms with E-state index in [1.807, 2.05) is 85.9 Å². The molecule has 2 amide bonds. The third-order valence-electron chi connectivity index (χ3n) is 7.05. The molecule has 226 valence electrons. The zero-order chi connectivity index (χ0) is 30.3. The molecule has 0 bridgehead atoms. The van der Waals surface area contributed by atoms with Crippen LogP contribution in [0.2, 0.25) is 0 Å². The number of amides is 2. The van der Waals surface area contributed by atoms with Gasteiger partial charge >= 0.3 is 0 Å². The zero-order valence-corrected chi connectivity index (χ0v) is 24.7. The second kappa shape index (κ2) is 17.0. The Hall–Kier alpha value is -4.27. The molecule has 7 nitrogen and oxygen atoms in total. The van der Waals surface area contributed by atoms with Gasteiger partial charge in [0, 0.05) is 44.7 Å². The molecule has 0 N–H and O–H groups in total. The summed E-state index contributed by atoms with van der Waals surface area (Å²) in [6.45, 7) is 4.85. The second-order valence-corrected chi connectivity index (χ2v) is 10.3. The van der Waals surface area contributed by atoms with E-state index in [-0.39, 0.29) is 30.8 Å². The lowest BCUT2D eigenvalue weighted by Gasteiger charge is -2.28. The van der Waals surface area contributed by atoms with Crippen LogP contribution in [-0.4, -0.2) is 59.1 Å². The maximum atomic E-state index is 13.9. The SMILES string of the molecule is CCOCCCN(CC(=O)N(Cc1ccccc1)Cc1cccn1Cc1ccc(F)cc1)C(=O)COCc1ccccc1. The standard InChI is InChI=1S/C35H40FN3O4/c1-2-42-22-10-21-38(35(41)28-43-27-31-13-7-4-8-14-31)26-34(40)39(24-29-11-5-3-6-12-29)25-33-15-9-20-37(33)23-30-16-18-32(36)19-17-30/h3-9,11-20H,2,10,21-28H2,1H3. The van der Waals surface area contributed by atoms with Crippen molar-refractivity contribution in [3.63, 3.8) is 0 Å². The second-order valence-electron chi connectivity index (χ2n) is 10.3. The number of carbonyl (C=O) groups excluding carboxylic acids is 2. The van der Waals surface area contributed by atoms with Crippen LogP contribution in [0.25, 0.3) is 0 Å². The van der Waals surface area contributed by atoms with Crippen LogP contribution in [0, 0.1) is 5.82 Å². The summed E-state index contributed by atoms with van der Waals surface area (Å²) in [6.07, 6.45) is 2.57. The molecule has 3 aromatic carbocycles. The van der Waals surface area contributed by atoms with Crippen LogP contribution in [0.1, 0.15) is 35.7 Å². The van der Waals surface area contributed by atoms with Gasteiger partial charge in [0.2, 0.25) is 11.8 Å². The summed E-state index contributed by atoms with van der Waals surface area (Å²) in [5.41, 5.74) is 3.87. The first kappa shape index (κ1) is 31.7. The fraction of sp³-hybridized carbons (Fsp3) is 0.314. The van der Waals surface area contributed by atoms with Gasteiger partial charge in [0.1, 0.15) is 12.4 Å². The number of carbonyl (C=O) groups is 2. The van der Waals surface area contributed by atoms with E-state index in [0.717, 1.165) is 22.4 Å². The molecule has 4 rings (SSSR count). The maximum Gasteiger partial charge on any atom is 0.249 e. The van der Waals surface area contributed by atoms with Crippen LogP contribution < -0.4 is 0 Å². The highest BCUT2D eigenvalue weighted by Gasteiger charge is 2.23. The molecule has 43 heavy (non-hydrogen) atoms. The van der Waals surface area contributed by atoms with Gasteiger partial charge < -0.3 is 23.8 Å². The molecular weight excluding hydrogens is 545 g/mol. The minimum Gasteiger partial charge on any atom is -0.382 e. The minimum absolute atomic E-state index is 0.0643. The van der Waals surface area contributed by atoms with Crippen LogP contribution in [0.15, 0.2) is 103 Å². The van der Waals surface area contributed by atoms with E-state index in [4.69, 9.17) is 9.47 Å². The lowest BCUT2D eigenvalue weighted by Crippen LogP contribution is -2.44. The number of halogens is 1. The van der Waals surface area contributed by atoms with Crippen molar-refractivity contribution in [3.05, 3.63) is 131 Å². The highest BCUT2D eigenvalue weighted by molar-refractivity contribution is 5.85. The third kappa shape index (κ3) is 10.5. The molecule has 8 heteroatoms. The molecule has 0 saturated carbocycles. The van der Waals surface area contributed by atoms with Gasteiger partial charge in [-0.1, -0.05) is 72.8 Å². The molecule has 0 fully saturated rings. The number of benzene rings is 3. The Morgan fingerprint density at radius 3 is 2.14 bits per heavy atom. The van der Waals surface area contributed by atoms with E-state index in [9.17, 15) is 14.0 Å².